The summed E-state index contributed by atoms with van der Waals surface area (Å²) in [7, 11) is 0. The number of carbonyl (C=O) groups excluding carboxylic acids is 1. The van der Waals surface area contributed by atoms with E-state index in [0.29, 0.717) is 27.6 Å². The average molecular weight is 400 g/mol. The van der Waals surface area contributed by atoms with E-state index in [-0.39, 0.29) is 23.3 Å². The summed E-state index contributed by atoms with van der Waals surface area (Å²) in [5, 5.41) is 4.76. The lowest BCUT2D eigenvalue weighted by molar-refractivity contribution is -0.118. The lowest BCUT2D eigenvalue weighted by Gasteiger charge is -2.12. The number of halogens is 1. The molecular weight excluding hydrogens is 382 g/mol. The second kappa shape index (κ2) is 7.74. The Morgan fingerprint density at radius 1 is 1.22 bits per heavy atom. The fourth-order valence-electron chi connectivity index (χ4n) is 2.91. The summed E-state index contributed by atoms with van der Waals surface area (Å²) in [5.41, 5.74) is 1.59. The number of para-hydroxylation sites is 1. The Hall–Kier alpha value is -2.31. The van der Waals surface area contributed by atoms with Crippen LogP contribution in [0.3, 0.4) is 0 Å². The minimum Gasteiger partial charge on any atom is -0.351 e. The van der Waals surface area contributed by atoms with E-state index in [1.807, 2.05) is 36.4 Å². The molecule has 0 unspecified atom stereocenters. The molecule has 5 nitrogen and oxygen atoms in total. The van der Waals surface area contributed by atoms with Gasteiger partial charge in [0.15, 0.2) is 5.16 Å². The van der Waals surface area contributed by atoms with Gasteiger partial charge in [-0.2, -0.15) is 0 Å². The molecule has 0 bridgehead atoms. The second-order valence-electron chi connectivity index (χ2n) is 6.51. The number of nitrogens with one attached hydrogen (secondary N) is 1. The van der Waals surface area contributed by atoms with Crippen LogP contribution in [0.4, 0.5) is 0 Å². The largest absolute Gasteiger partial charge is 0.351 e. The maximum absolute atomic E-state index is 12.8. The van der Waals surface area contributed by atoms with Crippen molar-refractivity contribution in [3.05, 3.63) is 69.5 Å². The first-order valence-electron chi connectivity index (χ1n) is 8.77. The van der Waals surface area contributed by atoms with Crippen molar-refractivity contribution in [2.24, 2.45) is 0 Å². The average Bonchev–Trinajstić information content (AvgIpc) is 3.50. The van der Waals surface area contributed by atoms with Gasteiger partial charge in [0.25, 0.3) is 5.56 Å². The highest BCUT2D eigenvalue weighted by Crippen LogP contribution is 2.36. The van der Waals surface area contributed by atoms with Gasteiger partial charge in [0, 0.05) is 17.6 Å². The summed E-state index contributed by atoms with van der Waals surface area (Å²) in [6.07, 6.45) is 1.96. The number of fused-ring (bicyclic) bond motifs is 1. The van der Waals surface area contributed by atoms with Crippen LogP contribution >= 0.6 is 23.4 Å². The van der Waals surface area contributed by atoms with Gasteiger partial charge in [-0.3, -0.25) is 14.2 Å². The third-order valence-electron chi connectivity index (χ3n) is 4.40. The highest BCUT2D eigenvalue weighted by Gasteiger charge is 2.28. The van der Waals surface area contributed by atoms with Crippen LogP contribution in [0.25, 0.3) is 10.9 Å². The molecule has 4 rings (SSSR count). The zero-order chi connectivity index (χ0) is 18.8. The van der Waals surface area contributed by atoms with Gasteiger partial charge in [0.1, 0.15) is 0 Å². The van der Waals surface area contributed by atoms with E-state index in [2.05, 4.69) is 10.3 Å². The molecule has 0 atom stereocenters. The molecule has 0 aliphatic heterocycles. The number of rotatable bonds is 6. The minimum atomic E-state index is -0.107. The van der Waals surface area contributed by atoms with Crippen LogP contribution in [0.5, 0.6) is 0 Å². The van der Waals surface area contributed by atoms with Crippen LogP contribution in [0.2, 0.25) is 5.02 Å². The standard InChI is InChI=1S/C20H18ClN3O2S/c21-14-5-3-4-13(10-14)11-22-18(25)12-27-20-23-17-7-2-1-6-16(17)19(26)24(20)15-8-9-15/h1-7,10,15H,8-9,11-12H2,(H,22,25). The van der Waals surface area contributed by atoms with E-state index in [1.165, 1.54) is 11.8 Å². The highest BCUT2D eigenvalue weighted by atomic mass is 35.5. The van der Waals surface area contributed by atoms with E-state index in [9.17, 15) is 9.59 Å². The van der Waals surface area contributed by atoms with Crippen LogP contribution in [-0.2, 0) is 11.3 Å². The monoisotopic (exact) mass is 399 g/mol. The molecule has 1 aliphatic carbocycles. The molecule has 1 aromatic heterocycles. The fourth-order valence-corrected chi connectivity index (χ4v) is 4.02. The Labute approximate surface area is 165 Å². The van der Waals surface area contributed by atoms with Crippen molar-refractivity contribution in [3.63, 3.8) is 0 Å². The second-order valence-corrected chi connectivity index (χ2v) is 7.89. The molecule has 1 N–H and O–H groups in total. The van der Waals surface area contributed by atoms with Crippen LogP contribution in [0.15, 0.2) is 58.5 Å². The van der Waals surface area contributed by atoms with Crippen molar-refractivity contribution in [2.75, 3.05) is 5.75 Å². The van der Waals surface area contributed by atoms with Crippen LogP contribution in [0, 0.1) is 0 Å². The quantitative estimate of drug-likeness (QED) is 0.506. The molecule has 1 fully saturated rings. The van der Waals surface area contributed by atoms with E-state index in [0.717, 1.165) is 18.4 Å². The van der Waals surface area contributed by atoms with Crippen molar-refractivity contribution >= 4 is 40.2 Å². The zero-order valence-corrected chi connectivity index (χ0v) is 16.1. The molecule has 138 valence electrons. The molecule has 0 spiro atoms. The Morgan fingerprint density at radius 3 is 2.81 bits per heavy atom. The SMILES string of the molecule is O=C(CSc1nc2ccccc2c(=O)n1C1CC1)NCc1cccc(Cl)c1. The van der Waals surface area contributed by atoms with Crippen molar-refractivity contribution in [1.82, 2.24) is 14.9 Å². The van der Waals surface area contributed by atoms with Crippen molar-refractivity contribution < 1.29 is 4.79 Å². The number of hydrogen-bond acceptors (Lipinski definition) is 4. The van der Waals surface area contributed by atoms with Crippen LogP contribution < -0.4 is 10.9 Å². The molecule has 1 amide bonds. The first-order chi connectivity index (χ1) is 13.1. The number of benzene rings is 2. The van der Waals surface area contributed by atoms with Gasteiger partial charge >= 0.3 is 0 Å². The first-order valence-corrected chi connectivity index (χ1v) is 10.1. The lowest BCUT2D eigenvalue weighted by atomic mass is 10.2. The maximum atomic E-state index is 12.8. The summed E-state index contributed by atoms with van der Waals surface area (Å²) < 4.78 is 1.75. The molecule has 1 saturated carbocycles. The molecule has 3 aromatic rings. The fraction of sp³-hybridized carbons (Fsp3) is 0.250. The normalized spacial score (nSPS) is 13.7. The summed E-state index contributed by atoms with van der Waals surface area (Å²) in [5.74, 6) is 0.0997. The number of thioether (sulfide) groups is 1. The van der Waals surface area contributed by atoms with Crippen molar-refractivity contribution in [2.45, 2.75) is 30.6 Å². The molecule has 1 heterocycles. The Bertz CT molecular complexity index is 1060. The smallest absolute Gasteiger partial charge is 0.262 e. The topological polar surface area (TPSA) is 64.0 Å². The molecule has 0 radical (unpaired) electrons. The minimum absolute atomic E-state index is 0.0232. The Morgan fingerprint density at radius 2 is 2.04 bits per heavy atom. The Balaban J connectivity index is 1.47. The van der Waals surface area contributed by atoms with Gasteiger partial charge in [-0.05, 0) is 42.7 Å². The number of carbonyl (C=O) groups is 1. The van der Waals surface area contributed by atoms with Gasteiger partial charge in [0.2, 0.25) is 5.91 Å². The zero-order valence-electron chi connectivity index (χ0n) is 14.5. The van der Waals surface area contributed by atoms with E-state index in [1.54, 1.807) is 16.7 Å². The highest BCUT2D eigenvalue weighted by molar-refractivity contribution is 7.99. The van der Waals surface area contributed by atoms with Crippen molar-refractivity contribution in [3.8, 4) is 0 Å². The predicted octanol–water partition coefficient (Wildman–Crippen LogP) is 3.79. The predicted molar refractivity (Wildman–Crippen MR) is 108 cm³/mol. The molecule has 0 saturated heterocycles. The third-order valence-corrected chi connectivity index (χ3v) is 5.59. The molecule has 2 aromatic carbocycles. The van der Waals surface area contributed by atoms with Crippen LogP contribution in [-0.4, -0.2) is 21.2 Å². The van der Waals surface area contributed by atoms with E-state index >= 15 is 0 Å². The molecular formula is C20H18ClN3O2S. The summed E-state index contributed by atoms with van der Waals surface area (Å²) in [6, 6.07) is 14.9. The van der Waals surface area contributed by atoms with Gasteiger partial charge in [-0.15, -0.1) is 0 Å². The molecule has 27 heavy (non-hydrogen) atoms. The first kappa shape index (κ1) is 18.1. The van der Waals surface area contributed by atoms with Crippen LogP contribution in [0.1, 0.15) is 24.4 Å². The van der Waals surface area contributed by atoms with Gasteiger partial charge in [-0.25, -0.2) is 4.98 Å². The summed E-state index contributed by atoms with van der Waals surface area (Å²) >= 11 is 7.26. The number of amides is 1. The number of hydrogen-bond donors (Lipinski definition) is 1. The van der Waals surface area contributed by atoms with Gasteiger partial charge in [0.05, 0.1) is 16.7 Å². The van der Waals surface area contributed by atoms with Gasteiger partial charge in [-0.1, -0.05) is 47.6 Å². The summed E-state index contributed by atoms with van der Waals surface area (Å²) in [4.78, 5) is 29.7. The van der Waals surface area contributed by atoms with E-state index < -0.39 is 0 Å². The van der Waals surface area contributed by atoms with Crippen molar-refractivity contribution in [1.29, 1.82) is 0 Å². The summed E-state index contributed by atoms with van der Waals surface area (Å²) in [6.45, 7) is 0.417. The Kier molecular flexibility index (Phi) is 5.18. The maximum Gasteiger partial charge on any atom is 0.262 e. The van der Waals surface area contributed by atoms with Gasteiger partial charge < -0.3 is 5.32 Å². The molecule has 1 aliphatic rings. The number of aromatic nitrogens is 2. The van der Waals surface area contributed by atoms with E-state index in [4.69, 9.17) is 11.6 Å². The third kappa shape index (κ3) is 4.17. The lowest BCUT2D eigenvalue weighted by Crippen LogP contribution is -2.26. The molecule has 7 heteroatoms. The number of nitrogens with zero attached hydrogens (tertiary/aromatic N) is 2.